The van der Waals surface area contributed by atoms with Gasteiger partial charge in [0, 0.05) is 30.6 Å². The molecule has 1 atom stereocenters. The third-order valence-electron chi connectivity index (χ3n) is 5.44. The molecule has 8 heteroatoms. The summed E-state index contributed by atoms with van der Waals surface area (Å²) in [5, 5.41) is 0. The van der Waals surface area contributed by atoms with Gasteiger partial charge in [-0.15, -0.1) is 13.2 Å². The SMILES string of the molecule is COc1ccc(-c2ccc(CN3CCC(NSc4cccc(OC(F)(F)F)c4)C3)cc2)cc1. The molecule has 1 fully saturated rings. The van der Waals surface area contributed by atoms with E-state index in [-0.39, 0.29) is 11.8 Å². The van der Waals surface area contributed by atoms with Crippen LogP contribution < -0.4 is 14.2 Å². The Labute approximate surface area is 195 Å². The molecule has 3 aromatic rings. The zero-order valence-electron chi connectivity index (χ0n) is 18.1. The summed E-state index contributed by atoms with van der Waals surface area (Å²) in [6, 6.07) is 22.9. The molecule has 0 radical (unpaired) electrons. The molecule has 4 rings (SSSR count). The van der Waals surface area contributed by atoms with Crippen molar-refractivity contribution in [2.75, 3.05) is 20.2 Å². The van der Waals surface area contributed by atoms with Crippen molar-refractivity contribution in [1.29, 1.82) is 0 Å². The zero-order valence-corrected chi connectivity index (χ0v) is 19.0. The van der Waals surface area contributed by atoms with Crippen molar-refractivity contribution in [3.05, 3.63) is 78.4 Å². The van der Waals surface area contributed by atoms with Crippen molar-refractivity contribution in [3.63, 3.8) is 0 Å². The third-order valence-corrected chi connectivity index (χ3v) is 6.38. The van der Waals surface area contributed by atoms with Gasteiger partial charge in [-0.05, 0) is 65.4 Å². The molecule has 0 aliphatic carbocycles. The highest BCUT2D eigenvalue weighted by atomic mass is 32.2. The molecule has 0 aromatic heterocycles. The highest BCUT2D eigenvalue weighted by Crippen LogP contribution is 2.28. The molecule has 1 saturated heterocycles. The molecule has 0 amide bonds. The molecular formula is C25H25F3N2O2S. The van der Waals surface area contributed by atoms with Gasteiger partial charge in [-0.3, -0.25) is 9.62 Å². The fourth-order valence-electron chi connectivity index (χ4n) is 3.80. The van der Waals surface area contributed by atoms with Gasteiger partial charge in [0.25, 0.3) is 0 Å². The molecule has 0 spiro atoms. The van der Waals surface area contributed by atoms with Gasteiger partial charge in [0.1, 0.15) is 11.5 Å². The summed E-state index contributed by atoms with van der Waals surface area (Å²) in [4.78, 5) is 3.06. The molecule has 0 bridgehead atoms. The molecule has 33 heavy (non-hydrogen) atoms. The quantitative estimate of drug-likeness (QED) is 0.397. The lowest BCUT2D eigenvalue weighted by atomic mass is 10.0. The standard InChI is InChI=1S/C25H25F3N2O2S/c1-31-22-11-9-20(10-12-22)19-7-5-18(6-8-19)16-30-14-13-21(17-30)29-33-24-4-2-3-23(15-24)32-25(26,27)28/h2-12,15,21,29H,13-14,16-17H2,1H3. The second-order valence-electron chi connectivity index (χ2n) is 7.89. The molecule has 4 nitrogen and oxygen atoms in total. The van der Waals surface area contributed by atoms with Crippen LogP contribution in [0.5, 0.6) is 11.5 Å². The van der Waals surface area contributed by atoms with Crippen LogP contribution in [0.2, 0.25) is 0 Å². The minimum absolute atomic E-state index is 0.208. The molecule has 1 N–H and O–H groups in total. The average molecular weight is 475 g/mol. The number of benzene rings is 3. The molecule has 1 heterocycles. The first-order valence-corrected chi connectivity index (χ1v) is 11.4. The highest BCUT2D eigenvalue weighted by Gasteiger charge is 2.31. The summed E-state index contributed by atoms with van der Waals surface area (Å²) in [6.07, 6.45) is -3.70. The van der Waals surface area contributed by atoms with Gasteiger partial charge in [0.2, 0.25) is 0 Å². The first kappa shape index (κ1) is 23.5. The summed E-state index contributed by atoms with van der Waals surface area (Å²) in [6.45, 7) is 2.71. The Morgan fingerprint density at radius 3 is 2.33 bits per heavy atom. The zero-order chi connectivity index (χ0) is 23.3. The van der Waals surface area contributed by atoms with E-state index in [0.29, 0.717) is 4.90 Å². The number of halogens is 3. The van der Waals surface area contributed by atoms with Crippen molar-refractivity contribution >= 4 is 11.9 Å². The molecule has 1 unspecified atom stereocenters. The number of methoxy groups -OCH3 is 1. The molecule has 0 saturated carbocycles. The number of hydrogen-bond acceptors (Lipinski definition) is 5. The van der Waals surface area contributed by atoms with Gasteiger partial charge in [-0.2, -0.15) is 0 Å². The number of ether oxygens (including phenoxy) is 2. The van der Waals surface area contributed by atoms with E-state index in [1.165, 1.54) is 29.6 Å². The van der Waals surface area contributed by atoms with Crippen molar-refractivity contribution < 1.29 is 22.6 Å². The van der Waals surface area contributed by atoms with Gasteiger partial charge in [0.05, 0.1) is 7.11 Å². The number of alkyl halides is 3. The summed E-state index contributed by atoms with van der Waals surface area (Å²) in [5.41, 5.74) is 3.56. The monoisotopic (exact) mass is 474 g/mol. The van der Waals surface area contributed by atoms with Crippen LogP contribution in [-0.2, 0) is 6.54 Å². The highest BCUT2D eigenvalue weighted by molar-refractivity contribution is 7.97. The topological polar surface area (TPSA) is 33.7 Å². The average Bonchev–Trinajstić information content (AvgIpc) is 3.25. The van der Waals surface area contributed by atoms with Crippen LogP contribution in [0.3, 0.4) is 0 Å². The van der Waals surface area contributed by atoms with Crippen molar-refractivity contribution in [2.45, 2.75) is 30.3 Å². The maximum atomic E-state index is 12.4. The lowest BCUT2D eigenvalue weighted by molar-refractivity contribution is -0.274. The predicted molar refractivity (Wildman–Crippen MR) is 124 cm³/mol. The smallest absolute Gasteiger partial charge is 0.497 e. The van der Waals surface area contributed by atoms with Crippen LogP contribution in [-0.4, -0.2) is 37.5 Å². The number of rotatable bonds is 8. The molecule has 1 aliphatic heterocycles. The van der Waals surface area contributed by atoms with Crippen LogP contribution in [0.4, 0.5) is 13.2 Å². The lowest BCUT2D eigenvalue weighted by Crippen LogP contribution is -2.28. The largest absolute Gasteiger partial charge is 0.573 e. The maximum Gasteiger partial charge on any atom is 0.573 e. The van der Waals surface area contributed by atoms with E-state index < -0.39 is 6.36 Å². The van der Waals surface area contributed by atoms with Crippen molar-refractivity contribution in [3.8, 4) is 22.6 Å². The number of nitrogens with one attached hydrogen (secondary N) is 1. The Balaban J connectivity index is 1.26. The van der Waals surface area contributed by atoms with Crippen molar-refractivity contribution in [2.24, 2.45) is 0 Å². The van der Waals surface area contributed by atoms with E-state index in [1.54, 1.807) is 19.2 Å². The number of likely N-dealkylation sites (tertiary alicyclic amines) is 1. The fourth-order valence-corrected chi connectivity index (χ4v) is 4.62. The van der Waals surface area contributed by atoms with E-state index in [0.717, 1.165) is 42.9 Å². The Hall–Kier alpha value is -2.68. The molecular weight excluding hydrogens is 449 g/mol. The minimum Gasteiger partial charge on any atom is -0.497 e. The normalized spacial score (nSPS) is 16.7. The summed E-state index contributed by atoms with van der Waals surface area (Å²) < 4.78 is 49.8. The first-order valence-electron chi connectivity index (χ1n) is 10.6. The Morgan fingerprint density at radius 1 is 0.970 bits per heavy atom. The van der Waals surface area contributed by atoms with E-state index in [4.69, 9.17) is 4.74 Å². The van der Waals surface area contributed by atoms with Crippen LogP contribution in [0.1, 0.15) is 12.0 Å². The van der Waals surface area contributed by atoms with E-state index in [9.17, 15) is 13.2 Å². The van der Waals surface area contributed by atoms with Crippen LogP contribution >= 0.6 is 11.9 Å². The van der Waals surface area contributed by atoms with E-state index >= 15 is 0 Å². The molecule has 3 aromatic carbocycles. The Kier molecular flexibility index (Phi) is 7.47. The summed E-state index contributed by atoms with van der Waals surface area (Å²) in [7, 11) is 1.66. The lowest BCUT2D eigenvalue weighted by Gasteiger charge is -2.17. The van der Waals surface area contributed by atoms with E-state index in [1.807, 2.05) is 24.3 Å². The van der Waals surface area contributed by atoms with Gasteiger partial charge >= 0.3 is 6.36 Å². The fraction of sp³-hybridized carbons (Fsp3) is 0.280. The second-order valence-corrected chi connectivity index (χ2v) is 8.80. The summed E-state index contributed by atoms with van der Waals surface area (Å²) >= 11 is 1.34. The van der Waals surface area contributed by atoms with E-state index in [2.05, 4.69) is 38.6 Å². The third kappa shape index (κ3) is 6.90. The molecule has 1 aliphatic rings. The van der Waals surface area contributed by atoms with Gasteiger partial charge in [0.15, 0.2) is 0 Å². The maximum absolute atomic E-state index is 12.4. The van der Waals surface area contributed by atoms with Crippen LogP contribution in [0.15, 0.2) is 77.7 Å². The first-order chi connectivity index (χ1) is 15.9. The number of nitrogens with zero attached hydrogens (tertiary/aromatic N) is 1. The second kappa shape index (κ2) is 10.5. The van der Waals surface area contributed by atoms with Crippen LogP contribution in [0.25, 0.3) is 11.1 Å². The predicted octanol–water partition coefficient (Wildman–Crippen LogP) is 6.13. The van der Waals surface area contributed by atoms with Gasteiger partial charge in [-0.1, -0.05) is 42.5 Å². The Bertz CT molecular complexity index is 1040. The molecule has 174 valence electrons. The number of hydrogen-bond donors (Lipinski definition) is 1. The van der Waals surface area contributed by atoms with Gasteiger partial charge < -0.3 is 9.47 Å². The Morgan fingerprint density at radius 2 is 1.67 bits per heavy atom. The van der Waals surface area contributed by atoms with Crippen LogP contribution in [0, 0.1) is 0 Å². The van der Waals surface area contributed by atoms with Gasteiger partial charge in [-0.25, -0.2) is 0 Å². The minimum atomic E-state index is -4.69. The van der Waals surface area contributed by atoms with Crippen molar-refractivity contribution in [1.82, 2.24) is 9.62 Å². The summed E-state index contributed by atoms with van der Waals surface area (Å²) in [5.74, 6) is 0.633.